The van der Waals surface area contributed by atoms with Gasteiger partial charge in [-0.2, -0.15) is 0 Å². The van der Waals surface area contributed by atoms with Gasteiger partial charge in [-0.25, -0.2) is 19.3 Å². The Balaban J connectivity index is 1.46. The van der Waals surface area contributed by atoms with Crippen molar-refractivity contribution in [2.75, 3.05) is 29.9 Å². The van der Waals surface area contributed by atoms with E-state index in [2.05, 4.69) is 25.6 Å². The standard InChI is InChI=1S/C20H22FN7O/c21-13-6-7-22-9-15(13)26-17-4-1-3-14(25-17)16-10-23-18-11-24-19(12-28(16)18)27-8-2-5-20(27)29/h1,3-4,10-13,15,22H,2,5-9H2,(H,25,26)/t13-,15-/m0/s1. The molecule has 0 unspecified atom stereocenters. The number of nitrogens with zero attached hydrogens (tertiary/aromatic N) is 5. The van der Waals surface area contributed by atoms with Gasteiger partial charge in [0.1, 0.15) is 12.0 Å². The van der Waals surface area contributed by atoms with Gasteiger partial charge in [-0.3, -0.25) is 14.1 Å². The first-order chi connectivity index (χ1) is 14.2. The third-order valence-electron chi connectivity index (χ3n) is 5.47. The van der Waals surface area contributed by atoms with Gasteiger partial charge in [0.15, 0.2) is 11.5 Å². The van der Waals surface area contributed by atoms with Crippen LogP contribution < -0.4 is 15.5 Å². The lowest BCUT2D eigenvalue weighted by molar-refractivity contribution is -0.117. The van der Waals surface area contributed by atoms with Gasteiger partial charge >= 0.3 is 0 Å². The fourth-order valence-electron chi connectivity index (χ4n) is 3.91. The van der Waals surface area contributed by atoms with Crippen molar-refractivity contribution in [2.45, 2.75) is 31.5 Å². The van der Waals surface area contributed by atoms with Gasteiger partial charge in [-0.05, 0) is 31.5 Å². The molecule has 3 aromatic rings. The van der Waals surface area contributed by atoms with Crippen molar-refractivity contribution in [3.05, 3.63) is 36.8 Å². The molecule has 0 spiro atoms. The van der Waals surface area contributed by atoms with Crippen molar-refractivity contribution < 1.29 is 9.18 Å². The topological polar surface area (TPSA) is 87.5 Å². The molecule has 1 amide bonds. The SMILES string of the molecule is O=C1CCCN1c1cn2c(-c3cccc(N[C@H]4CNCC[C@@H]4F)n3)cnc2cn1. The van der Waals surface area contributed by atoms with Gasteiger partial charge in [-0.1, -0.05) is 6.07 Å². The molecule has 5 rings (SSSR count). The summed E-state index contributed by atoms with van der Waals surface area (Å²) in [5.41, 5.74) is 2.18. The lowest BCUT2D eigenvalue weighted by atomic mass is 10.1. The minimum Gasteiger partial charge on any atom is -0.363 e. The van der Waals surface area contributed by atoms with E-state index >= 15 is 0 Å². The summed E-state index contributed by atoms with van der Waals surface area (Å²) >= 11 is 0. The number of fused-ring (bicyclic) bond motifs is 1. The van der Waals surface area contributed by atoms with E-state index in [9.17, 15) is 9.18 Å². The zero-order chi connectivity index (χ0) is 19.8. The predicted molar refractivity (Wildman–Crippen MR) is 108 cm³/mol. The molecule has 2 N–H and O–H groups in total. The first-order valence-electron chi connectivity index (χ1n) is 9.91. The molecule has 2 aliphatic heterocycles. The van der Waals surface area contributed by atoms with E-state index in [0.717, 1.165) is 12.1 Å². The molecule has 0 radical (unpaired) electrons. The van der Waals surface area contributed by atoms with Gasteiger partial charge in [0.25, 0.3) is 0 Å². The molecule has 5 heterocycles. The molecule has 3 aromatic heterocycles. The van der Waals surface area contributed by atoms with Crippen LogP contribution in [0, 0.1) is 0 Å². The molecule has 0 bridgehead atoms. The number of nitrogens with one attached hydrogen (secondary N) is 2. The Bertz CT molecular complexity index is 1050. The first kappa shape index (κ1) is 18.0. The van der Waals surface area contributed by atoms with Crippen LogP contribution in [0.5, 0.6) is 0 Å². The predicted octanol–water partition coefficient (Wildman–Crippen LogP) is 2.03. The first-order valence-corrected chi connectivity index (χ1v) is 9.91. The number of carbonyl (C=O) groups excluding carboxylic acids is 1. The van der Waals surface area contributed by atoms with Crippen LogP contribution in [-0.2, 0) is 4.79 Å². The van der Waals surface area contributed by atoms with Crippen LogP contribution in [0.4, 0.5) is 16.0 Å². The Kier molecular flexibility index (Phi) is 4.59. The van der Waals surface area contributed by atoms with Crippen molar-refractivity contribution in [3.63, 3.8) is 0 Å². The molecule has 2 fully saturated rings. The van der Waals surface area contributed by atoms with Gasteiger partial charge < -0.3 is 10.6 Å². The molecule has 150 valence electrons. The molecule has 8 nitrogen and oxygen atoms in total. The highest BCUT2D eigenvalue weighted by molar-refractivity contribution is 5.94. The van der Waals surface area contributed by atoms with E-state index in [1.54, 1.807) is 17.3 Å². The highest BCUT2D eigenvalue weighted by Gasteiger charge is 2.25. The molecule has 0 aliphatic carbocycles. The van der Waals surface area contributed by atoms with Crippen molar-refractivity contribution in [1.82, 2.24) is 24.7 Å². The Morgan fingerprint density at radius 2 is 2.17 bits per heavy atom. The molecule has 9 heteroatoms. The zero-order valence-electron chi connectivity index (χ0n) is 15.9. The number of halogens is 1. The number of piperidine rings is 1. The lowest BCUT2D eigenvalue weighted by Crippen LogP contribution is -2.46. The number of hydrogen-bond acceptors (Lipinski definition) is 6. The van der Waals surface area contributed by atoms with Crippen molar-refractivity contribution in [3.8, 4) is 11.4 Å². The number of alkyl halides is 1. The molecule has 2 saturated heterocycles. The number of aromatic nitrogens is 4. The Labute approximate surface area is 167 Å². The number of carbonyl (C=O) groups is 1. The average molecular weight is 395 g/mol. The maximum atomic E-state index is 14.2. The van der Waals surface area contributed by atoms with Gasteiger partial charge in [-0.15, -0.1) is 0 Å². The quantitative estimate of drug-likeness (QED) is 0.703. The molecule has 0 aromatic carbocycles. The minimum absolute atomic E-state index is 0.0877. The molecular weight excluding hydrogens is 373 g/mol. The van der Waals surface area contributed by atoms with Crippen molar-refractivity contribution in [1.29, 1.82) is 0 Å². The number of amides is 1. The second-order valence-corrected chi connectivity index (χ2v) is 7.43. The van der Waals surface area contributed by atoms with E-state index in [1.807, 2.05) is 28.8 Å². The van der Waals surface area contributed by atoms with Crippen LogP contribution in [0.1, 0.15) is 19.3 Å². The second-order valence-electron chi connectivity index (χ2n) is 7.43. The van der Waals surface area contributed by atoms with Crippen molar-refractivity contribution in [2.24, 2.45) is 0 Å². The normalized spacial score (nSPS) is 22.4. The monoisotopic (exact) mass is 395 g/mol. The summed E-state index contributed by atoms with van der Waals surface area (Å²) in [6.45, 7) is 1.95. The van der Waals surface area contributed by atoms with Crippen LogP contribution >= 0.6 is 0 Å². The Hall–Kier alpha value is -3.07. The van der Waals surface area contributed by atoms with Gasteiger partial charge in [0, 0.05) is 19.5 Å². The summed E-state index contributed by atoms with van der Waals surface area (Å²) in [6, 6.07) is 5.32. The Morgan fingerprint density at radius 3 is 3.00 bits per heavy atom. The third-order valence-corrected chi connectivity index (χ3v) is 5.47. The molecular formula is C20H22FN7O. The second kappa shape index (κ2) is 7.40. The number of hydrogen-bond donors (Lipinski definition) is 2. The highest BCUT2D eigenvalue weighted by atomic mass is 19.1. The summed E-state index contributed by atoms with van der Waals surface area (Å²) in [5.74, 6) is 1.32. The van der Waals surface area contributed by atoms with Crippen LogP contribution in [0.2, 0.25) is 0 Å². The summed E-state index contributed by atoms with van der Waals surface area (Å²) in [7, 11) is 0. The van der Waals surface area contributed by atoms with Gasteiger partial charge in [0.2, 0.25) is 5.91 Å². The van der Waals surface area contributed by atoms with Gasteiger partial charge in [0.05, 0.1) is 36.0 Å². The number of rotatable bonds is 4. The van der Waals surface area contributed by atoms with Crippen LogP contribution in [0.3, 0.4) is 0 Å². The van der Waals surface area contributed by atoms with E-state index in [4.69, 9.17) is 0 Å². The smallest absolute Gasteiger partial charge is 0.228 e. The van der Waals surface area contributed by atoms with Crippen LogP contribution in [0.15, 0.2) is 36.8 Å². The van der Waals surface area contributed by atoms with E-state index in [-0.39, 0.29) is 11.9 Å². The molecule has 29 heavy (non-hydrogen) atoms. The third kappa shape index (κ3) is 3.42. The number of pyridine rings is 1. The fraction of sp³-hybridized carbons (Fsp3) is 0.400. The molecule has 2 aliphatic rings. The minimum atomic E-state index is -0.899. The van der Waals surface area contributed by atoms with Crippen LogP contribution in [0.25, 0.3) is 17.0 Å². The average Bonchev–Trinajstić information content (AvgIpc) is 3.35. The Morgan fingerprint density at radius 1 is 1.24 bits per heavy atom. The maximum Gasteiger partial charge on any atom is 0.228 e. The number of imidazole rings is 1. The summed E-state index contributed by atoms with van der Waals surface area (Å²) in [4.78, 5) is 27.2. The highest BCUT2D eigenvalue weighted by Crippen LogP contribution is 2.25. The van der Waals surface area contributed by atoms with Crippen molar-refractivity contribution >= 4 is 23.2 Å². The van der Waals surface area contributed by atoms with E-state index < -0.39 is 6.17 Å². The summed E-state index contributed by atoms with van der Waals surface area (Å²) in [5, 5.41) is 6.40. The maximum absolute atomic E-state index is 14.2. The fourth-order valence-corrected chi connectivity index (χ4v) is 3.91. The van der Waals surface area contributed by atoms with E-state index in [1.165, 1.54) is 0 Å². The zero-order valence-corrected chi connectivity index (χ0v) is 15.9. The van der Waals surface area contributed by atoms with E-state index in [0.29, 0.717) is 55.5 Å². The molecule has 2 atom stereocenters. The summed E-state index contributed by atoms with van der Waals surface area (Å²) in [6.07, 6.45) is 6.21. The lowest BCUT2D eigenvalue weighted by Gasteiger charge is -2.28. The van der Waals surface area contributed by atoms with Crippen LogP contribution in [-0.4, -0.2) is 57.1 Å². The summed E-state index contributed by atoms with van der Waals surface area (Å²) < 4.78 is 16.0. The molecule has 0 saturated carbocycles. The largest absolute Gasteiger partial charge is 0.363 e. The number of anilines is 2.